The summed E-state index contributed by atoms with van der Waals surface area (Å²) in [7, 11) is 1.56. The monoisotopic (exact) mass is 266 g/mol. The number of aromatic nitrogens is 1. The number of methoxy groups -OCH3 is 1. The van der Waals surface area contributed by atoms with Crippen molar-refractivity contribution < 1.29 is 4.74 Å². The summed E-state index contributed by atoms with van der Waals surface area (Å²) in [4.78, 5) is 15.7. The van der Waals surface area contributed by atoms with Crippen LogP contribution < -0.4 is 15.9 Å². The fourth-order valence-electron chi connectivity index (χ4n) is 2.36. The van der Waals surface area contributed by atoms with Crippen molar-refractivity contribution in [1.82, 2.24) is 4.98 Å². The number of aromatic amines is 1. The molecule has 100 valence electrons. The number of hydrogen-bond donors (Lipinski definition) is 2. The topological polar surface area (TPSA) is 68.1 Å². The summed E-state index contributed by atoms with van der Waals surface area (Å²) >= 11 is 0. The average molecular weight is 266 g/mol. The van der Waals surface area contributed by atoms with Gasteiger partial charge in [-0.05, 0) is 17.7 Å². The Bertz CT molecular complexity index is 823. The highest BCUT2D eigenvalue weighted by molar-refractivity contribution is 5.91. The Morgan fingerprint density at radius 1 is 1.05 bits per heavy atom. The number of nitrogens with two attached hydrogens (primary N) is 1. The van der Waals surface area contributed by atoms with E-state index in [1.54, 1.807) is 25.3 Å². The lowest BCUT2D eigenvalue weighted by atomic mass is 10.0. The van der Waals surface area contributed by atoms with Crippen LogP contribution in [0.4, 0.5) is 5.82 Å². The van der Waals surface area contributed by atoms with Gasteiger partial charge in [0.25, 0.3) is 0 Å². The molecule has 0 aliphatic heterocycles. The van der Waals surface area contributed by atoms with Gasteiger partial charge in [-0.3, -0.25) is 4.79 Å². The molecule has 0 atom stereocenters. The first kappa shape index (κ1) is 12.3. The van der Waals surface area contributed by atoms with Crippen LogP contribution in [0.25, 0.3) is 22.0 Å². The molecule has 0 spiro atoms. The van der Waals surface area contributed by atoms with E-state index < -0.39 is 0 Å². The second kappa shape index (κ2) is 4.74. The molecule has 0 unspecified atom stereocenters. The van der Waals surface area contributed by atoms with Crippen molar-refractivity contribution in [3.05, 3.63) is 58.8 Å². The Balaban J connectivity index is 2.40. The van der Waals surface area contributed by atoms with Crippen molar-refractivity contribution in [3.8, 4) is 16.9 Å². The van der Waals surface area contributed by atoms with Gasteiger partial charge in [0.2, 0.25) is 0 Å². The first-order valence-corrected chi connectivity index (χ1v) is 6.26. The lowest BCUT2D eigenvalue weighted by Crippen LogP contribution is -2.11. The van der Waals surface area contributed by atoms with Crippen LogP contribution in [0.5, 0.6) is 5.75 Å². The van der Waals surface area contributed by atoms with Crippen LogP contribution in [0.15, 0.2) is 53.3 Å². The Labute approximate surface area is 115 Å². The van der Waals surface area contributed by atoms with E-state index in [1.165, 1.54) is 0 Å². The van der Waals surface area contributed by atoms with Crippen molar-refractivity contribution >= 4 is 16.7 Å². The zero-order chi connectivity index (χ0) is 14.1. The molecule has 2 aromatic carbocycles. The summed E-state index contributed by atoms with van der Waals surface area (Å²) < 4.78 is 5.26. The third-order valence-corrected chi connectivity index (χ3v) is 3.31. The average Bonchev–Trinajstić information content (AvgIpc) is 2.48. The molecule has 0 saturated carbocycles. The number of anilines is 1. The first-order valence-electron chi connectivity index (χ1n) is 6.26. The summed E-state index contributed by atoms with van der Waals surface area (Å²) in [6.45, 7) is 0. The second-order valence-electron chi connectivity index (χ2n) is 4.49. The number of pyridine rings is 1. The lowest BCUT2D eigenvalue weighted by Gasteiger charge is -2.10. The zero-order valence-corrected chi connectivity index (χ0v) is 11.0. The van der Waals surface area contributed by atoms with E-state index in [-0.39, 0.29) is 5.43 Å². The molecule has 4 heteroatoms. The van der Waals surface area contributed by atoms with Crippen LogP contribution in [-0.2, 0) is 0 Å². The molecule has 0 bridgehead atoms. The number of fused-ring (bicyclic) bond motifs is 1. The quantitative estimate of drug-likeness (QED) is 0.749. The van der Waals surface area contributed by atoms with Gasteiger partial charge in [0.05, 0.1) is 23.6 Å². The van der Waals surface area contributed by atoms with Crippen LogP contribution in [0.1, 0.15) is 0 Å². The molecule has 0 radical (unpaired) electrons. The van der Waals surface area contributed by atoms with Gasteiger partial charge in [0.1, 0.15) is 11.6 Å². The van der Waals surface area contributed by atoms with Crippen LogP contribution >= 0.6 is 0 Å². The molecule has 3 rings (SSSR count). The third kappa shape index (κ3) is 1.82. The highest BCUT2D eigenvalue weighted by atomic mass is 16.5. The number of H-pyrrole nitrogens is 1. The van der Waals surface area contributed by atoms with E-state index in [1.807, 2.05) is 30.3 Å². The largest absolute Gasteiger partial charge is 0.495 e. The Kier molecular flexibility index (Phi) is 2.91. The molecular formula is C16H14N2O2. The van der Waals surface area contributed by atoms with E-state index in [9.17, 15) is 4.79 Å². The molecule has 0 saturated heterocycles. The van der Waals surface area contributed by atoms with E-state index in [2.05, 4.69) is 4.98 Å². The summed E-state index contributed by atoms with van der Waals surface area (Å²) in [5.41, 5.74) is 7.85. The van der Waals surface area contributed by atoms with Crippen molar-refractivity contribution in [2.24, 2.45) is 0 Å². The minimum Gasteiger partial charge on any atom is -0.495 e. The molecule has 1 heterocycles. The molecule has 4 nitrogen and oxygen atoms in total. The lowest BCUT2D eigenvalue weighted by molar-refractivity contribution is 0.419. The number of rotatable bonds is 2. The van der Waals surface area contributed by atoms with Crippen LogP contribution in [0.3, 0.4) is 0 Å². The molecule has 1 aromatic heterocycles. The van der Waals surface area contributed by atoms with Crippen LogP contribution in [0, 0.1) is 0 Å². The number of hydrogen-bond acceptors (Lipinski definition) is 3. The summed E-state index contributed by atoms with van der Waals surface area (Å²) in [6.07, 6.45) is 0. The second-order valence-corrected chi connectivity index (χ2v) is 4.49. The minimum absolute atomic E-state index is 0.0960. The first-order chi connectivity index (χ1) is 9.72. The van der Waals surface area contributed by atoms with E-state index in [0.717, 1.165) is 5.56 Å². The molecule has 20 heavy (non-hydrogen) atoms. The molecular weight excluding hydrogens is 252 g/mol. The normalized spacial score (nSPS) is 10.7. The smallest absolute Gasteiger partial charge is 0.199 e. The number of ether oxygens (including phenoxy) is 1. The predicted octanol–water partition coefficient (Wildman–Crippen LogP) is 2.79. The van der Waals surface area contributed by atoms with E-state index >= 15 is 0 Å². The summed E-state index contributed by atoms with van der Waals surface area (Å²) in [5.74, 6) is 0.948. The molecule has 3 aromatic rings. The van der Waals surface area contributed by atoms with E-state index in [0.29, 0.717) is 28.0 Å². The summed E-state index contributed by atoms with van der Waals surface area (Å²) in [5, 5.41) is 0.567. The van der Waals surface area contributed by atoms with Gasteiger partial charge < -0.3 is 15.5 Å². The van der Waals surface area contributed by atoms with Crippen molar-refractivity contribution in [3.63, 3.8) is 0 Å². The fraction of sp³-hybridized carbons (Fsp3) is 0.0625. The van der Waals surface area contributed by atoms with Gasteiger partial charge in [-0.2, -0.15) is 0 Å². The Hall–Kier alpha value is -2.75. The number of benzene rings is 2. The molecule has 0 aliphatic carbocycles. The Morgan fingerprint density at radius 2 is 1.80 bits per heavy atom. The maximum Gasteiger partial charge on any atom is 0.199 e. The highest BCUT2D eigenvalue weighted by Gasteiger charge is 2.13. The third-order valence-electron chi connectivity index (χ3n) is 3.31. The molecule has 0 fully saturated rings. The highest BCUT2D eigenvalue weighted by Crippen LogP contribution is 2.27. The van der Waals surface area contributed by atoms with Crippen molar-refractivity contribution in [2.75, 3.05) is 12.8 Å². The number of para-hydroxylation sites is 1. The van der Waals surface area contributed by atoms with Crippen molar-refractivity contribution in [2.45, 2.75) is 0 Å². The SMILES string of the molecule is COc1cccc2c(=O)c(-c3ccccc3)c(N)[nH]c12. The van der Waals surface area contributed by atoms with E-state index in [4.69, 9.17) is 10.5 Å². The molecule has 0 aliphatic rings. The standard InChI is InChI=1S/C16H14N2O2/c1-20-12-9-5-8-11-14(12)18-16(17)13(15(11)19)10-6-3-2-4-7-10/h2-9H,1H3,(H3,17,18,19). The van der Waals surface area contributed by atoms with Crippen molar-refractivity contribution in [1.29, 1.82) is 0 Å². The van der Waals surface area contributed by atoms with Gasteiger partial charge >= 0.3 is 0 Å². The van der Waals surface area contributed by atoms with Gasteiger partial charge in [0, 0.05) is 0 Å². The predicted molar refractivity (Wildman–Crippen MR) is 81.0 cm³/mol. The van der Waals surface area contributed by atoms with Crippen LogP contribution in [-0.4, -0.2) is 12.1 Å². The number of nitrogen functional groups attached to an aromatic ring is 1. The van der Waals surface area contributed by atoms with Gasteiger partial charge in [-0.1, -0.05) is 36.4 Å². The Morgan fingerprint density at radius 3 is 2.50 bits per heavy atom. The van der Waals surface area contributed by atoms with Crippen LogP contribution in [0.2, 0.25) is 0 Å². The molecule has 0 amide bonds. The molecule has 3 N–H and O–H groups in total. The fourth-order valence-corrected chi connectivity index (χ4v) is 2.36. The van der Waals surface area contributed by atoms with Gasteiger partial charge in [-0.15, -0.1) is 0 Å². The minimum atomic E-state index is -0.0960. The zero-order valence-electron chi connectivity index (χ0n) is 11.0. The van der Waals surface area contributed by atoms with Gasteiger partial charge in [-0.25, -0.2) is 0 Å². The maximum absolute atomic E-state index is 12.7. The van der Waals surface area contributed by atoms with Gasteiger partial charge in [0.15, 0.2) is 5.43 Å². The maximum atomic E-state index is 12.7. The number of nitrogens with one attached hydrogen (secondary N) is 1. The summed E-state index contributed by atoms with van der Waals surface area (Å²) in [6, 6.07) is 14.7.